The lowest BCUT2D eigenvalue weighted by Gasteiger charge is -2.22. The van der Waals surface area contributed by atoms with Gasteiger partial charge in [-0.3, -0.25) is 15.0 Å². The first-order valence-corrected chi connectivity index (χ1v) is 8.26. The fourth-order valence-corrected chi connectivity index (χ4v) is 2.18. The monoisotopic (exact) mass is 366 g/mol. The summed E-state index contributed by atoms with van der Waals surface area (Å²) in [7, 11) is 0. The number of aliphatic hydroxyl groups is 1. The molecule has 0 unspecified atom stereocenters. The van der Waals surface area contributed by atoms with Crippen molar-refractivity contribution in [2.45, 2.75) is 39.0 Å². The topological polar surface area (TPSA) is 143 Å². The Bertz CT molecular complexity index is 594. The maximum Gasteiger partial charge on any atom is 0.408 e. The average Bonchev–Trinajstić information content (AvgIpc) is 2.63. The maximum absolute atomic E-state index is 12.2. The van der Waals surface area contributed by atoms with Crippen molar-refractivity contribution >= 4 is 17.9 Å². The van der Waals surface area contributed by atoms with Crippen LogP contribution in [0.25, 0.3) is 0 Å². The van der Waals surface area contributed by atoms with Crippen molar-refractivity contribution < 1.29 is 24.2 Å². The Hall–Kier alpha value is -2.65. The normalized spacial score (nSPS) is 12.8. The molecule has 2 atom stereocenters. The summed E-state index contributed by atoms with van der Waals surface area (Å²) in [6, 6.07) is 6.88. The van der Waals surface area contributed by atoms with Gasteiger partial charge in [0.2, 0.25) is 5.91 Å². The number of hydrogen-bond donors (Lipinski definition) is 5. The molecule has 144 valence electrons. The molecule has 1 rings (SSSR count). The summed E-state index contributed by atoms with van der Waals surface area (Å²) in [6.07, 6.45) is -0.502. The highest BCUT2D eigenvalue weighted by Crippen LogP contribution is 2.05. The van der Waals surface area contributed by atoms with Crippen LogP contribution in [0.1, 0.15) is 25.8 Å². The molecule has 1 aromatic rings. The van der Waals surface area contributed by atoms with E-state index in [0.717, 1.165) is 5.56 Å². The molecule has 0 heterocycles. The number of hydrogen-bond acceptors (Lipinski definition) is 6. The zero-order valence-electron chi connectivity index (χ0n) is 14.9. The van der Waals surface area contributed by atoms with Gasteiger partial charge >= 0.3 is 6.09 Å². The van der Waals surface area contributed by atoms with E-state index < -0.39 is 36.6 Å². The van der Waals surface area contributed by atoms with Gasteiger partial charge in [-0.1, -0.05) is 44.2 Å². The van der Waals surface area contributed by atoms with Crippen LogP contribution >= 0.6 is 0 Å². The Labute approximate surface area is 152 Å². The molecular formula is C17H26N4O5. The van der Waals surface area contributed by atoms with Crippen LogP contribution in [0.2, 0.25) is 0 Å². The van der Waals surface area contributed by atoms with Crippen LogP contribution in [0.3, 0.4) is 0 Å². The number of aliphatic hydroxyl groups excluding tert-OH is 1. The summed E-state index contributed by atoms with van der Waals surface area (Å²) < 4.78 is 5.01. The van der Waals surface area contributed by atoms with Crippen molar-refractivity contribution in [3.8, 4) is 0 Å². The van der Waals surface area contributed by atoms with Crippen molar-refractivity contribution in [1.29, 1.82) is 0 Å². The second kappa shape index (κ2) is 11.1. The van der Waals surface area contributed by atoms with Crippen molar-refractivity contribution in [1.82, 2.24) is 16.1 Å². The number of amides is 3. The van der Waals surface area contributed by atoms with Gasteiger partial charge in [0.05, 0.1) is 6.61 Å². The summed E-state index contributed by atoms with van der Waals surface area (Å²) in [6.45, 7) is 3.14. The highest BCUT2D eigenvalue weighted by Gasteiger charge is 2.27. The summed E-state index contributed by atoms with van der Waals surface area (Å²) in [5.74, 6) is 3.97. The number of benzene rings is 1. The smallest absolute Gasteiger partial charge is 0.408 e. The molecule has 26 heavy (non-hydrogen) atoms. The molecule has 0 saturated carbocycles. The van der Waals surface area contributed by atoms with Crippen LogP contribution in [0, 0.1) is 5.92 Å². The summed E-state index contributed by atoms with van der Waals surface area (Å²) in [5, 5.41) is 14.1. The lowest BCUT2D eigenvalue weighted by Crippen LogP contribution is -2.56. The van der Waals surface area contributed by atoms with E-state index in [9.17, 15) is 19.5 Å². The molecule has 0 radical (unpaired) electrons. The van der Waals surface area contributed by atoms with E-state index in [0.29, 0.717) is 6.42 Å². The number of nitrogens with two attached hydrogens (primary N) is 1. The molecule has 3 amide bonds. The van der Waals surface area contributed by atoms with Crippen molar-refractivity contribution in [3.05, 3.63) is 35.9 Å². The molecule has 6 N–H and O–H groups in total. The predicted molar refractivity (Wildman–Crippen MR) is 94.4 cm³/mol. The average molecular weight is 366 g/mol. The van der Waals surface area contributed by atoms with E-state index in [-0.39, 0.29) is 12.5 Å². The van der Waals surface area contributed by atoms with Crippen molar-refractivity contribution in [2.24, 2.45) is 11.8 Å². The van der Waals surface area contributed by atoms with E-state index in [1.807, 2.05) is 25.3 Å². The van der Waals surface area contributed by atoms with Gasteiger partial charge in [0, 0.05) is 0 Å². The van der Waals surface area contributed by atoms with Gasteiger partial charge in [-0.15, -0.1) is 0 Å². The quantitative estimate of drug-likeness (QED) is 0.233. The largest absolute Gasteiger partial charge is 0.445 e. The summed E-state index contributed by atoms with van der Waals surface area (Å²) >= 11 is 0. The Kier molecular flexibility index (Phi) is 9.10. The van der Waals surface area contributed by atoms with E-state index in [2.05, 4.69) is 10.6 Å². The van der Waals surface area contributed by atoms with Crippen LogP contribution in [0.5, 0.6) is 0 Å². The molecule has 1 aromatic carbocycles. The zero-order chi connectivity index (χ0) is 19.5. The number of carbonyl (C=O) groups is 3. The SMILES string of the molecule is CC(C)C[C@H](NC(=O)[C@H](CO)NC(=O)OCc1ccccc1)C(=O)NN. The molecule has 0 bridgehead atoms. The zero-order valence-corrected chi connectivity index (χ0v) is 14.9. The third kappa shape index (κ3) is 7.49. The van der Waals surface area contributed by atoms with E-state index in [1.54, 1.807) is 24.3 Å². The Morgan fingerprint density at radius 2 is 1.73 bits per heavy atom. The molecule has 0 fully saturated rings. The standard InChI is InChI=1S/C17H26N4O5/c1-11(2)8-13(16(24)21-18)19-15(23)14(9-22)20-17(25)26-10-12-6-4-3-5-7-12/h3-7,11,13-14,22H,8-10,18H2,1-2H3,(H,19,23)(H,20,25)(H,21,24)/t13-,14-/m0/s1. The predicted octanol–water partition coefficient (Wildman–Crippen LogP) is -0.205. The lowest BCUT2D eigenvalue weighted by molar-refractivity contribution is -0.130. The van der Waals surface area contributed by atoms with Crippen LogP contribution < -0.4 is 21.9 Å². The van der Waals surface area contributed by atoms with Gasteiger partial charge in [-0.2, -0.15) is 0 Å². The highest BCUT2D eigenvalue weighted by molar-refractivity contribution is 5.91. The first-order valence-electron chi connectivity index (χ1n) is 8.26. The number of alkyl carbamates (subject to hydrolysis) is 1. The van der Waals surface area contributed by atoms with Crippen LogP contribution in [0.4, 0.5) is 4.79 Å². The first kappa shape index (κ1) is 21.4. The number of nitrogens with one attached hydrogen (secondary N) is 3. The molecule has 0 aliphatic rings. The molecule has 9 heteroatoms. The van der Waals surface area contributed by atoms with Gasteiger partial charge < -0.3 is 20.5 Å². The third-order valence-corrected chi connectivity index (χ3v) is 3.49. The molecule has 0 saturated heterocycles. The molecule has 0 aliphatic carbocycles. The van der Waals surface area contributed by atoms with Gasteiger partial charge in [-0.25, -0.2) is 10.6 Å². The van der Waals surface area contributed by atoms with E-state index >= 15 is 0 Å². The van der Waals surface area contributed by atoms with Gasteiger partial charge in [0.15, 0.2) is 0 Å². The fraction of sp³-hybridized carbons (Fsp3) is 0.471. The Morgan fingerprint density at radius 1 is 1.08 bits per heavy atom. The van der Waals surface area contributed by atoms with E-state index in [4.69, 9.17) is 10.6 Å². The number of carbonyl (C=O) groups excluding carboxylic acids is 3. The number of rotatable bonds is 9. The second-order valence-electron chi connectivity index (χ2n) is 6.14. The molecule has 9 nitrogen and oxygen atoms in total. The van der Waals surface area contributed by atoms with E-state index in [1.165, 1.54) is 0 Å². The Morgan fingerprint density at radius 3 is 2.27 bits per heavy atom. The fourth-order valence-electron chi connectivity index (χ4n) is 2.18. The number of hydrazine groups is 1. The minimum Gasteiger partial charge on any atom is -0.445 e. The van der Waals surface area contributed by atoms with Crippen LogP contribution in [-0.4, -0.2) is 41.7 Å². The van der Waals surface area contributed by atoms with Crippen LogP contribution in [-0.2, 0) is 20.9 Å². The summed E-state index contributed by atoms with van der Waals surface area (Å²) in [5.41, 5.74) is 2.77. The Balaban J connectivity index is 2.57. The number of ether oxygens (including phenoxy) is 1. The van der Waals surface area contributed by atoms with Crippen molar-refractivity contribution in [3.63, 3.8) is 0 Å². The maximum atomic E-state index is 12.2. The van der Waals surface area contributed by atoms with Gasteiger partial charge in [-0.05, 0) is 17.9 Å². The van der Waals surface area contributed by atoms with Gasteiger partial charge in [0.25, 0.3) is 5.91 Å². The van der Waals surface area contributed by atoms with Gasteiger partial charge in [0.1, 0.15) is 18.7 Å². The lowest BCUT2D eigenvalue weighted by atomic mass is 10.0. The minimum absolute atomic E-state index is 0.0258. The van der Waals surface area contributed by atoms with Crippen LogP contribution in [0.15, 0.2) is 30.3 Å². The molecule has 0 aliphatic heterocycles. The first-order chi connectivity index (χ1) is 12.4. The highest BCUT2D eigenvalue weighted by atomic mass is 16.5. The minimum atomic E-state index is -1.25. The second-order valence-corrected chi connectivity index (χ2v) is 6.14. The molecule has 0 spiro atoms. The molecule has 0 aromatic heterocycles. The van der Waals surface area contributed by atoms with Crippen molar-refractivity contribution in [2.75, 3.05) is 6.61 Å². The molecular weight excluding hydrogens is 340 g/mol. The third-order valence-electron chi connectivity index (χ3n) is 3.49. The summed E-state index contributed by atoms with van der Waals surface area (Å²) in [4.78, 5) is 35.8.